The van der Waals surface area contributed by atoms with Gasteiger partial charge < -0.3 is 53.1 Å². The van der Waals surface area contributed by atoms with Crippen LogP contribution in [0.15, 0.2) is 29.3 Å². The number of nitrogens with one attached hydrogen (secondary N) is 1. The van der Waals surface area contributed by atoms with Gasteiger partial charge in [0.1, 0.15) is 12.1 Å². The molecule has 2 aliphatic heterocycles. The van der Waals surface area contributed by atoms with Crippen LogP contribution in [-0.4, -0.2) is 105 Å². The molecular formula is C32H50ClN7O9. The number of aliphatic carboxylic acids is 3. The molecule has 5 rings (SSSR count). The molecule has 1 saturated heterocycles. The number of benzene rings is 1. The second-order valence-corrected chi connectivity index (χ2v) is 12.4. The van der Waals surface area contributed by atoms with Gasteiger partial charge in [-0.25, -0.2) is 0 Å². The van der Waals surface area contributed by atoms with Gasteiger partial charge in [0.05, 0.1) is 25.2 Å². The number of fused-ring (bicyclic) bond motifs is 6. The number of nitrogens with two attached hydrogens (primary N) is 4. The number of carbonyl (C=O) groups excluding carboxylic acids is 1. The summed E-state index contributed by atoms with van der Waals surface area (Å²) in [6, 6.07) is 6.95. The highest BCUT2D eigenvalue weighted by Gasteiger charge is 2.49. The van der Waals surface area contributed by atoms with E-state index in [0.29, 0.717) is 37.8 Å². The van der Waals surface area contributed by atoms with Crippen molar-refractivity contribution in [2.75, 3.05) is 26.7 Å². The molecule has 1 aliphatic carbocycles. The summed E-state index contributed by atoms with van der Waals surface area (Å²) in [7, 11) is 1.43. The molecule has 1 aromatic carbocycles. The highest BCUT2D eigenvalue weighted by Crippen LogP contribution is 2.49. The van der Waals surface area contributed by atoms with Gasteiger partial charge in [-0.1, -0.05) is 18.2 Å². The number of methoxy groups -OCH3 is 1. The number of H-pyrrole nitrogens is 1. The molecule has 16 nitrogen and oxygen atoms in total. The number of carboxylic acids is 3. The summed E-state index contributed by atoms with van der Waals surface area (Å²) in [5.41, 5.74) is 24.3. The second-order valence-electron chi connectivity index (χ2n) is 12.4. The minimum absolute atomic E-state index is 0. The Labute approximate surface area is 290 Å². The first-order valence-corrected chi connectivity index (χ1v) is 16.1. The van der Waals surface area contributed by atoms with Crippen LogP contribution >= 0.6 is 12.4 Å². The average Bonchev–Trinajstić information content (AvgIpc) is 3.44. The number of halogens is 1. The lowest BCUT2D eigenvalue weighted by Gasteiger charge is -2.50. The van der Waals surface area contributed by atoms with Crippen LogP contribution in [0, 0.1) is 17.8 Å². The molecule has 13 N–H and O–H groups in total. The Morgan fingerprint density at radius 1 is 1.04 bits per heavy atom. The summed E-state index contributed by atoms with van der Waals surface area (Å²) in [4.78, 5) is 52.4. The summed E-state index contributed by atoms with van der Waals surface area (Å²) < 4.78 is 5.04. The number of hydrogen-bond acceptors (Lipinski definition) is 10. The Morgan fingerprint density at radius 2 is 1.69 bits per heavy atom. The van der Waals surface area contributed by atoms with E-state index in [9.17, 15) is 24.3 Å². The molecule has 1 saturated carbocycles. The fraction of sp³-hybridized carbons (Fsp3) is 0.594. The number of carbonyl (C=O) groups is 4. The van der Waals surface area contributed by atoms with Crippen LogP contribution < -0.4 is 22.9 Å². The molecule has 0 amide bonds. The van der Waals surface area contributed by atoms with Crippen molar-refractivity contribution in [3.8, 4) is 0 Å². The number of aromatic nitrogens is 1. The molecule has 3 heterocycles. The fourth-order valence-electron chi connectivity index (χ4n) is 6.85. The predicted molar refractivity (Wildman–Crippen MR) is 184 cm³/mol. The molecule has 2 aromatic rings. The zero-order valence-electron chi connectivity index (χ0n) is 27.6. The minimum atomic E-state index is -1.17. The van der Waals surface area contributed by atoms with Crippen LogP contribution in [0.3, 0.4) is 0 Å². The number of piperidine rings is 1. The summed E-state index contributed by atoms with van der Waals surface area (Å²) in [6.45, 7) is 2.52. The molecule has 17 heteroatoms. The van der Waals surface area contributed by atoms with E-state index in [-0.39, 0.29) is 49.0 Å². The van der Waals surface area contributed by atoms with Crippen molar-refractivity contribution in [3.05, 3.63) is 35.5 Å². The van der Waals surface area contributed by atoms with Crippen molar-refractivity contribution >= 4 is 53.1 Å². The number of guanidine groups is 1. The lowest BCUT2D eigenvalue weighted by Crippen LogP contribution is -2.53. The van der Waals surface area contributed by atoms with Gasteiger partial charge in [0.2, 0.25) is 0 Å². The molecule has 2 fully saturated rings. The van der Waals surface area contributed by atoms with E-state index in [1.54, 1.807) is 0 Å². The third-order valence-corrected chi connectivity index (χ3v) is 9.29. The number of nitrogens with zero attached hydrogens (tertiary/aromatic N) is 2. The number of aliphatic imine (C=N–C) groups is 1. The topological polar surface area (TPSA) is 294 Å². The van der Waals surface area contributed by atoms with Crippen molar-refractivity contribution < 1.29 is 44.3 Å². The maximum Gasteiger partial charge on any atom is 0.320 e. The Kier molecular flexibility index (Phi) is 16.2. The standard InChI is InChI=1S/C21H26N2O3.C6H14N4O2.C5H9NO4.ClH/c1-26-21(25)19-15-10-17-20-14(13-4-2-3-5-16(13)22-20)8-9-23(17)11-12(15)6-7-18(19)24;7-4(5(11)12)2-1-3-10-6(8)9;6-3(5(9)10)1-2-4(7)8;/h2-5,12,15,17-19,22,24H,6-11H2,1H3;4H,1-3,7H2,(H,11,12)(H4,8,9,10);3H,1-2,6H2,(H,7,8)(H,9,10);1H/t12-,15-,17-,18-,19+;4-;3-;/m000./s1. The number of ether oxygens (including phenoxy) is 1. The zero-order valence-corrected chi connectivity index (χ0v) is 28.4. The van der Waals surface area contributed by atoms with E-state index in [4.69, 9.17) is 43.0 Å². The number of hydrogen-bond donors (Lipinski definition) is 9. The molecule has 3 aliphatic rings. The van der Waals surface area contributed by atoms with Crippen LogP contribution in [0.5, 0.6) is 0 Å². The molecule has 274 valence electrons. The van der Waals surface area contributed by atoms with Gasteiger partial charge in [0.15, 0.2) is 5.96 Å². The summed E-state index contributed by atoms with van der Waals surface area (Å²) in [6.07, 6.45) is 3.87. The van der Waals surface area contributed by atoms with E-state index in [0.717, 1.165) is 32.4 Å². The van der Waals surface area contributed by atoms with Gasteiger partial charge in [-0.2, -0.15) is 0 Å². The Hall–Kier alpha value is -3.96. The molecule has 1 aromatic heterocycles. The number of rotatable bonds is 10. The summed E-state index contributed by atoms with van der Waals surface area (Å²) in [5.74, 6) is -3.13. The third kappa shape index (κ3) is 11.3. The normalized spacial score (nSPS) is 23.6. The van der Waals surface area contributed by atoms with Crippen molar-refractivity contribution in [1.29, 1.82) is 0 Å². The van der Waals surface area contributed by atoms with Gasteiger partial charge in [-0.15, -0.1) is 12.4 Å². The largest absolute Gasteiger partial charge is 0.481 e. The molecule has 0 radical (unpaired) electrons. The highest BCUT2D eigenvalue weighted by molar-refractivity contribution is 5.86. The van der Waals surface area contributed by atoms with Gasteiger partial charge in [-0.05, 0) is 68.4 Å². The molecule has 7 atom stereocenters. The summed E-state index contributed by atoms with van der Waals surface area (Å²) in [5, 5.41) is 36.5. The Bertz CT molecular complexity index is 1450. The van der Waals surface area contributed by atoms with Crippen molar-refractivity contribution in [3.63, 3.8) is 0 Å². The molecule has 49 heavy (non-hydrogen) atoms. The fourth-order valence-corrected chi connectivity index (χ4v) is 6.85. The van der Waals surface area contributed by atoms with E-state index < -0.39 is 36.1 Å². The lowest BCUT2D eigenvalue weighted by atomic mass is 9.65. The van der Waals surface area contributed by atoms with E-state index in [2.05, 4.69) is 39.1 Å². The van der Waals surface area contributed by atoms with Crippen molar-refractivity contribution in [1.82, 2.24) is 9.88 Å². The predicted octanol–water partition coefficient (Wildman–Crippen LogP) is 0.784. The quantitative estimate of drug-likeness (QED) is 0.0712. The van der Waals surface area contributed by atoms with Crippen molar-refractivity contribution in [2.45, 2.75) is 75.6 Å². The Morgan fingerprint density at radius 3 is 2.31 bits per heavy atom. The second kappa shape index (κ2) is 19.3. The van der Waals surface area contributed by atoms with Gasteiger partial charge in [0.25, 0.3) is 0 Å². The van der Waals surface area contributed by atoms with E-state index in [1.165, 1.54) is 29.3 Å². The number of aliphatic hydroxyl groups excluding tert-OH is 1. The highest BCUT2D eigenvalue weighted by atomic mass is 35.5. The van der Waals surface area contributed by atoms with Gasteiger partial charge >= 0.3 is 23.9 Å². The van der Waals surface area contributed by atoms with E-state index >= 15 is 0 Å². The minimum Gasteiger partial charge on any atom is -0.481 e. The molecular weight excluding hydrogens is 662 g/mol. The van der Waals surface area contributed by atoms with Crippen molar-refractivity contribution in [2.24, 2.45) is 45.7 Å². The monoisotopic (exact) mass is 711 g/mol. The Balaban J connectivity index is 0.000000305. The number of aromatic amines is 1. The first-order valence-electron chi connectivity index (χ1n) is 16.1. The first kappa shape index (κ1) is 41.2. The van der Waals surface area contributed by atoms with Crippen LogP contribution in [0.2, 0.25) is 0 Å². The number of para-hydroxylation sites is 1. The molecule has 0 spiro atoms. The smallest absolute Gasteiger partial charge is 0.320 e. The van der Waals surface area contributed by atoms with Crippen LogP contribution in [0.25, 0.3) is 10.9 Å². The number of carboxylic acid groups (broad SMARTS) is 3. The van der Waals surface area contributed by atoms with Crippen LogP contribution in [-0.2, 0) is 30.3 Å². The zero-order chi connectivity index (χ0) is 35.5. The third-order valence-electron chi connectivity index (χ3n) is 9.29. The first-order chi connectivity index (χ1) is 22.7. The van der Waals surface area contributed by atoms with Gasteiger partial charge in [-0.3, -0.25) is 29.1 Å². The van der Waals surface area contributed by atoms with Crippen LogP contribution in [0.4, 0.5) is 0 Å². The SMILES string of the molecule is COC(=O)[C@@H]1[C@H]2C[C@H]3c4[nH]c5ccccc5c4CCN3C[C@@H]2CC[C@@H]1O.Cl.NC(N)=NCCC[C@H](N)C(=O)O.N[C@@H](CCC(=O)O)C(=O)O. The molecule has 0 bridgehead atoms. The van der Waals surface area contributed by atoms with Gasteiger partial charge in [0, 0.05) is 42.7 Å². The lowest BCUT2D eigenvalue weighted by molar-refractivity contribution is -0.160. The van der Waals surface area contributed by atoms with E-state index in [1.807, 2.05) is 0 Å². The molecule has 0 unspecified atom stereocenters. The maximum atomic E-state index is 12.4. The summed E-state index contributed by atoms with van der Waals surface area (Å²) >= 11 is 0. The average molecular weight is 712 g/mol. The maximum absolute atomic E-state index is 12.4. The number of esters is 1. The number of aliphatic hydroxyl groups is 1. The van der Waals surface area contributed by atoms with Crippen LogP contribution in [0.1, 0.15) is 62.2 Å².